The highest BCUT2D eigenvalue weighted by molar-refractivity contribution is 7.89. The molecule has 1 aromatic rings. The van der Waals surface area contributed by atoms with Gasteiger partial charge in [-0.3, -0.25) is 4.79 Å². The third-order valence-electron chi connectivity index (χ3n) is 4.06. The van der Waals surface area contributed by atoms with E-state index >= 15 is 0 Å². The molecule has 2 rings (SSSR count). The molecule has 0 aromatic heterocycles. The zero-order valence-electron chi connectivity index (χ0n) is 13.1. The highest BCUT2D eigenvalue weighted by atomic mass is 32.2. The van der Waals surface area contributed by atoms with Crippen LogP contribution in [0.25, 0.3) is 0 Å². The van der Waals surface area contributed by atoms with Crippen molar-refractivity contribution in [3.63, 3.8) is 0 Å². The highest BCUT2D eigenvalue weighted by Crippen LogP contribution is 2.19. The topological polar surface area (TPSA) is 92.5 Å². The van der Waals surface area contributed by atoms with Gasteiger partial charge in [0.2, 0.25) is 10.0 Å². The molecule has 1 heterocycles. The first-order valence-electron chi connectivity index (χ1n) is 7.68. The van der Waals surface area contributed by atoms with Crippen molar-refractivity contribution in [3.05, 3.63) is 42.5 Å². The Morgan fingerprint density at radius 3 is 2.43 bits per heavy atom. The fourth-order valence-corrected chi connectivity index (χ4v) is 3.58. The van der Waals surface area contributed by atoms with Crippen LogP contribution < -0.4 is 10.5 Å². The Balaban J connectivity index is 2.05. The Kier molecular flexibility index (Phi) is 5.92. The van der Waals surface area contributed by atoms with Crippen molar-refractivity contribution in [1.82, 2.24) is 9.62 Å². The molecule has 1 fully saturated rings. The van der Waals surface area contributed by atoms with E-state index < -0.39 is 10.0 Å². The normalized spacial score (nSPS) is 16.3. The Morgan fingerprint density at radius 2 is 1.91 bits per heavy atom. The largest absolute Gasteiger partial charge is 0.339 e. The Hall–Kier alpha value is -1.70. The van der Waals surface area contributed by atoms with E-state index in [1.807, 2.05) is 0 Å². The van der Waals surface area contributed by atoms with Gasteiger partial charge >= 0.3 is 0 Å². The molecule has 1 saturated heterocycles. The molecule has 0 saturated carbocycles. The first-order chi connectivity index (χ1) is 11.0. The summed E-state index contributed by atoms with van der Waals surface area (Å²) in [4.78, 5) is 14.4. The molecule has 1 aliphatic rings. The van der Waals surface area contributed by atoms with Gasteiger partial charge in [-0.25, -0.2) is 13.1 Å². The van der Waals surface area contributed by atoms with Crippen molar-refractivity contribution in [2.75, 3.05) is 26.2 Å². The van der Waals surface area contributed by atoms with Crippen molar-refractivity contribution in [1.29, 1.82) is 0 Å². The minimum atomic E-state index is -3.56. The maximum atomic E-state index is 12.4. The third-order valence-corrected chi connectivity index (χ3v) is 5.50. The predicted molar refractivity (Wildman–Crippen MR) is 89.5 cm³/mol. The van der Waals surface area contributed by atoms with Crippen LogP contribution in [0.5, 0.6) is 0 Å². The fourth-order valence-electron chi connectivity index (χ4n) is 2.58. The number of piperidine rings is 1. The van der Waals surface area contributed by atoms with Crippen LogP contribution in [0.2, 0.25) is 0 Å². The number of likely N-dealkylation sites (tertiary alicyclic amines) is 1. The lowest BCUT2D eigenvalue weighted by molar-refractivity contribution is 0.0693. The molecule has 0 spiro atoms. The summed E-state index contributed by atoms with van der Waals surface area (Å²) in [7, 11) is -3.56. The molecule has 126 valence electrons. The molecule has 0 atom stereocenters. The number of amides is 1. The van der Waals surface area contributed by atoms with E-state index in [9.17, 15) is 13.2 Å². The number of benzene rings is 1. The molecule has 3 N–H and O–H groups in total. The monoisotopic (exact) mass is 337 g/mol. The number of hydrogen-bond donors (Lipinski definition) is 2. The number of hydrogen-bond acceptors (Lipinski definition) is 4. The Labute approximate surface area is 137 Å². The summed E-state index contributed by atoms with van der Waals surface area (Å²) in [6, 6.07) is 6.01. The summed E-state index contributed by atoms with van der Waals surface area (Å²) in [5.74, 6) is 0.422. The number of nitrogens with two attached hydrogens (primary N) is 1. The van der Waals surface area contributed by atoms with Gasteiger partial charge in [-0.15, -0.1) is 6.58 Å². The fraction of sp³-hybridized carbons (Fsp3) is 0.438. The Morgan fingerprint density at radius 1 is 1.30 bits per heavy atom. The number of carbonyl (C=O) groups excluding carboxylic acids is 1. The van der Waals surface area contributed by atoms with Gasteiger partial charge in [0, 0.05) is 25.2 Å². The van der Waals surface area contributed by atoms with E-state index in [2.05, 4.69) is 11.3 Å². The summed E-state index contributed by atoms with van der Waals surface area (Å²) in [6.45, 7) is 5.69. The quantitative estimate of drug-likeness (QED) is 0.756. The van der Waals surface area contributed by atoms with E-state index in [0.29, 0.717) is 31.1 Å². The molecule has 6 nitrogen and oxygen atoms in total. The molecule has 7 heteroatoms. The minimum Gasteiger partial charge on any atom is -0.339 e. The van der Waals surface area contributed by atoms with Gasteiger partial charge in [-0.2, -0.15) is 0 Å². The maximum absolute atomic E-state index is 12.4. The van der Waals surface area contributed by atoms with Crippen molar-refractivity contribution in [3.8, 4) is 0 Å². The van der Waals surface area contributed by atoms with E-state index in [-0.39, 0.29) is 17.3 Å². The summed E-state index contributed by atoms with van der Waals surface area (Å²) in [5.41, 5.74) is 6.15. The molecule has 1 aliphatic heterocycles. The zero-order chi connectivity index (χ0) is 16.9. The number of sulfonamides is 1. The van der Waals surface area contributed by atoms with Crippen LogP contribution in [0.1, 0.15) is 23.2 Å². The van der Waals surface area contributed by atoms with Crippen molar-refractivity contribution in [2.24, 2.45) is 11.7 Å². The molecule has 23 heavy (non-hydrogen) atoms. The molecule has 1 amide bonds. The van der Waals surface area contributed by atoms with E-state index in [4.69, 9.17) is 5.73 Å². The van der Waals surface area contributed by atoms with Crippen LogP contribution in [0, 0.1) is 5.92 Å². The molecule has 0 unspecified atom stereocenters. The number of rotatable bonds is 6. The molecule has 0 radical (unpaired) electrons. The second-order valence-corrected chi connectivity index (χ2v) is 7.40. The predicted octanol–water partition coefficient (Wildman–Crippen LogP) is 0.962. The number of nitrogens with one attached hydrogen (secondary N) is 1. The molecule has 0 aliphatic carbocycles. The van der Waals surface area contributed by atoms with E-state index in [1.165, 1.54) is 18.2 Å². The van der Waals surface area contributed by atoms with Crippen LogP contribution >= 0.6 is 0 Å². The summed E-state index contributed by atoms with van der Waals surface area (Å²) in [6.07, 6.45) is 3.31. The van der Waals surface area contributed by atoms with Crippen LogP contribution in [-0.2, 0) is 10.0 Å². The average Bonchev–Trinajstić information content (AvgIpc) is 2.59. The lowest BCUT2D eigenvalue weighted by atomic mass is 9.96. The van der Waals surface area contributed by atoms with Crippen LogP contribution in [0.4, 0.5) is 0 Å². The standard InChI is InChI=1S/C16H23N3O3S/c1-2-9-18-23(21,22)15-5-3-14(4-6-15)16(20)19-10-7-13(12-17)8-11-19/h2-6,13,18H,1,7-12,17H2. The second-order valence-electron chi connectivity index (χ2n) is 5.64. The lowest BCUT2D eigenvalue weighted by Gasteiger charge is -2.31. The first kappa shape index (κ1) is 17.7. The first-order valence-corrected chi connectivity index (χ1v) is 9.16. The van der Waals surface area contributed by atoms with Crippen molar-refractivity contribution < 1.29 is 13.2 Å². The van der Waals surface area contributed by atoms with Crippen molar-refractivity contribution in [2.45, 2.75) is 17.7 Å². The minimum absolute atomic E-state index is 0.0662. The van der Waals surface area contributed by atoms with Gasteiger partial charge in [0.1, 0.15) is 0 Å². The van der Waals surface area contributed by atoms with Crippen LogP contribution in [0.3, 0.4) is 0 Å². The third kappa shape index (κ3) is 4.40. The van der Waals surface area contributed by atoms with Crippen molar-refractivity contribution >= 4 is 15.9 Å². The number of nitrogens with zero attached hydrogens (tertiary/aromatic N) is 1. The van der Waals surface area contributed by atoms with Gasteiger partial charge in [0.05, 0.1) is 4.90 Å². The lowest BCUT2D eigenvalue weighted by Crippen LogP contribution is -2.40. The van der Waals surface area contributed by atoms with Gasteiger partial charge in [0.25, 0.3) is 5.91 Å². The second kappa shape index (κ2) is 7.72. The molecule has 0 bridgehead atoms. The molecular formula is C16H23N3O3S. The van der Waals surface area contributed by atoms with Gasteiger partial charge < -0.3 is 10.6 Å². The summed E-state index contributed by atoms with van der Waals surface area (Å²) in [5, 5.41) is 0. The smallest absolute Gasteiger partial charge is 0.253 e. The highest BCUT2D eigenvalue weighted by Gasteiger charge is 2.23. The number of carbonyl (C=O) groups is 1. The van der Waals surface area contributed by atoms with Gasteiger partial charge in [-0.1, -0.05) is 6.08 Å². The Bertz CT molecular complexity index is 648. The van der Waals surface area contributed by atoms with Gasteiger partial charge in [0.15, 0.2) is 0 Å². The summed E-state index contributed by atoms with van der Waals surface area (Å²) < 4.78 is 26.3. The van der Waals surface area contributed by atoms with Gasteiger partial charge in [-0.05, 0) is 49.6 Å². The summed E-state index contributed by atoms with van der Waals surface area (Å²) >= 11 is 0. The SMILES string of the molecule is C=CCNS(=O)(=O)c1ccc(C(=O)N2CCC(CN)CC2)cc1. The van der Waals surface area contributed by atoms with E-state index in [0.717, 1.165) is 12.8 Å². The maximum Gasteiger partial charge on any atom is 0.253 e. The molecular weight excluding hydrogens is 314 g/mol. The van der Waals surface area contributed by atoms with Crippen LogP contribution in [0.15, 0.2) is 41.8 Å². The zero-order valence-corrected chi connectivity index (χ0v) is 13.9. The van der Waals surface area contributed by atoms with E-state index in [1.54, 1.807) is 17.0 Å². The molecule has 1 aromatic carbocycles. The van der Waals surface area contributed by atoms with Crippen LogP contribution in [-0.4, -0.2) is 45.4 Å². The average molecular weight is 337 g/mol.